The zero-order chi connectivity index (χ0) is 19.8. The molecule has 0 unspecified atom stereocenters. The molecule has 0 bridgehead atoms. The Hall–Kier alpha value is -2.48. The number of nitrogens with one attached hydrogen (secondary N) is 1. The molecule has 0 spiro atoms. The van der Waals surface area contributed by atoms with Gasteiger partial charge in [-0.2, -0.15) is 9.65 Å². The summed E-state index contributed by atoms with van der Waals surface area (Å²) >= 11 is 2.28. The third-order valence-electron chi connectivity index (χ3n) is 3.70. The lowest BCUT2D eigenvalue weighted by Gasteiger charge is -2.10. The summed E-state index contributed by atoms with van der Waals surface area (Å²) in [5, 5.41) is 14.8. The fraction of sp³-hybridized carbons (Fsp3) is 0.333. The predicted molar refractivity (Wildman–Crippen MR) is 105 cm³/mol. The lowest BCUT2D eigenvalue weighted by molar-refractivity contribution is -0.110. The first-order chi connectivity index (χ1) is 13.7. The summed E-state index contributed by atoms with van der Waals surface area (Å²) in [7, 11) is 0. The molecule has 28 heavy (non-hydrogen) atoms. The SMILES string of the molecule is N#CCCSc1ccc(C(=NO[C@@H]2CCOC2)C(=O)Nc2ncc(F)s2)cc1. The average molecular weight is 420 g/mol. The highest BCUT2D eigenvalue weighted by atomic mass is 32.2. The van der Waals surface area contributed by atoms with Crippen LogP contribution in [0.1, 0.15) is 18.4 Å². The number of benzene rings is 1. The van der Waals surface area contributed by atoms with Crippen LogP contribution in [-0.4, -0.2) is 41.7 Å². The number of ether oxygens (including phenoxy) is 1. The first kappa shape index (κ1) is 20.3. The minimum Gasteiger partial charge on any atom is -0.389 e. The number of oxime groups is 1. The minimum atomic E-state index is -0.543. The van der Waals surface area contributed by atoms with Crippen molar-refractivity contribution in [3.05, 3.63) is 41.2 Å². The van der Waals surface area contributed by atoms with Crippen LogP contribution in [0.3, 0.4) is 0 Å². The number of thiazole rings is 1. The van der Waals surface area contributed by atoms with Gasteiger partial charge in [0.25, 0.3) is 5.91 Å². The molecule has 1 aromatic carbocycles. The van der Waals surface area contributed by atoms with Crippen molar-refractivity contribution in [1.29, 1.82) is 5.26 Å². The van der Waals surface area contributed by atoms with Gasteiger partial charge in [0, 0.05) is 29.1 Å². The molecule has 1 saturated heterocycles. The van der Waals surface area contributed by atoms with Crippen LogP contribution in [-0.2, 0) is 14.4 Å². The fourth-order valence-corrected chi connectivity index (χ4v) is 3.64. The number of rotatable bonds is 8. The minimum absolute atomic E-state index is 0.0658. The Labute approximate surface area is 169 Å². The molecule has 1 amide bonds. The van der Waals surface area contributed by atoms with E-state index in [1.54, 1.807) is 23.9 Å². The number of anilines is 1. The van der Waals surface area contributed by atoms with E-state index in [0.717, 1.165) is 22.4 Å². The van der Waals surface area contributed by atoms with Crippen LogP contribution in [0, 0.1) is 16.5 Å². The molecule has 146 valence electrons. The van der Waals surface area contributed by atoms with Crippen molar-refractivity contribution in [2.75, 3.05) is 24.3 Å². The first-order valence-electron chi connectivity index (χ1n) is 8.50. The molecule has 2 aromatic rings. The number of hydrogen-bond acceptors (Lipinski definition) is 8. The summed E-state index contributed by atoms with van der Waals surface area (Å²) in [6, 6.07) is 9.31. The number of nitrogens with zero attached hydrogens (tertiary/aromatic N) is 3. The van der Waals surface area contributed by atoms with Gasteiger partial charge in [0.2, 0.25) is 0 Å². The predicted octanol–water partition coefficient (Wildman–Crippen LogP) is 3.44. The van der Waals surface area contributed by atoms with E-state index in [1.165, 1.54) is 0 Å². The summed E-state index contributed by atoms with van der Waals surface area (Å²) in [5.41, 5.74) is 0.620. The second-order valence-electron chi connectivity index (χ2n) is 5.74. The van der Waals surface area contributed by atoms with Gasteiger partial charge in [-0.3, -0.25) is 10.1 Å². The van der Waals surface area contributed by atoms with E-state index in [0.29, 0.717) is 37.4 Å². The van der Waals surface area contributed by atoms with Crippen molar-refractivity contribution in [1.82, 2.24) is 4.98 Å². The summed E-state index contributed by atoms with van der Waals surface area (Å²) in [4.78, 5) is 22.9. The maximum absolute atomic E-state index is 13.1. The molecule has 1 aromatic heterocycles. The highest BCUT2D eigenvalue weighted by Crippen LogP contribution is 2.21. The van der Waals surface area contributed by atoms with Gasteiger partial charge in [0.15, 0.2) is 22.1 Å². The Kier molecular flexibility index (Phi) is 7.36. The normalized spacial score (nSPS) is 16.6. The van der Waals surface area contributed by atoms with Gasteiger partial charge in [0.1, 0.15) is 0 Å². The molecule has 3 rings (SSSR count). The van der Waals surface area contributed by atoms with E-state index in [4.69, 9.17) is 14.8 Å². The fourth-order valence-electron chi connectivity index (χ4n) is 2.34. The zero-order valence-corrected chi connectivity index (χ0v) is 16.4. The summed E-state index contributed by atoms with van der Waals surface area (Å²) < 4.78 is 18.4. The first-order valence-corrected chi connectivity index (χ1v) is 10.3. The zero-order valence-electron chi connectivity index (χ0n) is 14.8. The van der Waals surface area contributed by atoms with Crippen molar-refractivity contribution >= 4 is 39.8 Å². The van der Waals surface area contributed by atoms with Gasteiger partial charge in [-0.15, -0.1) is 11.8 Å². The van der Waals surface area contributed by atoms with Crippen molar-refractivity contribution in [2.24, 2.45) is 5.16 Å². The third kappa shape index (κ3) is 5.76. The highest BCUT2D eigenvalue weighted by Gasteiger charge is 2.21. The molecule has 10 heteroatoms. The number of nitriles is 1. The number of thioether (sulfide) groups is 1. The van der Waals surface area contributed by atoms with Gasteiger partial charge in [0.05, 0.1) is 25.5 Å². The Morgan fingerprint density at radius 2 is 2.32 bits per heavy atom. The standard InChI is InChI=1S/C18H17FN4O3S2/c19-15-10-21-18(28-15)22-17(24)16(23-26-13-6-8-25-11-13)12-2-4-14(5-3-12)27-9-1-7-20/h2-5,10,13H,1,6,8-9,11H2,(H,21,22,24)/t13-/m1/s1. The van der Waals surface area contributed by atoms with Crippen molar-refractivity contribution in [3.63, 3.8) is 0 Å². The molecule has 1 aliphatic heterocycles. The third-order valence-corrected chi connectivity index (χ3v) is 5.42. The summed E-state index contributed by atoms with van der Waals surface area (Å²) in [6.07, 6.45) is 1.99. The quantitative estimate of drug-likeness (QED) is 0.304. The Morgan fingerprint density at radius 1 is 1.50 bits per heavy atom. The van der Waals surface area contributed by atoms with E-state index in [9.17, 15) is 9.18 Å². The van der Waals surface area contributed by atoms with E-state index < -0.39 is 11.0 Å². The summed E-state index contributed by atoms with van der Waals surface area (Å²) in [6.45, 7) is 1.01. The Balaban J connectivity index is 1.75. The van der Waals surface area contributed by atoms with E-state index in [2.05, 4.69) is 21.5 Å². The number of aromatic nitrogens is 1. The lowest BCUT2D eigenvalue weighted by atomic mass is 10.1. The van der Waals surface area contributed by atoms with Crippen LogP contribution in [0.25, 0.3) is 0 Å². The Bertz CT molecular complexity index is 874. The molecule has 1 N–H and O–H groups in total. The monoisotopic (exact) mass is 420 g/mol. The second kappa shape index (κ2) is 10.2. The molecule has 1 atom stereocenters. The molecule has 2 heterocycles. The van der Waals surface area contributed by atoms with Gasteiger partial charge in [-0.1, -0.05) is 28.6 Å². The van der Waals surface area contributed by atoms with Crippen LogP contribution in [0.15, 0.2) is 40.5 Å². The summed E-state index contributed by atoms with van der Waals surface area (Å²) in [5.74, 6) is 0.149. The lowest BCUT2D eigenvalue weighted by Crippen LogP contribution is -2.25. The van der Waals surface area contributed by atoms with Crippen LogP contribution in [0.4, 0.5) is 9.52 Å². The van der Waals surface area contributed by atoms with Crippen LogP contribution in [0.2, 0.25) is 0 Å². The van der Waals surface area contributed by atoms with Crippen molar-refractivity contribution in [3.8, 4) is 6.07 Å². The topological polar surface area (TPSA) is 96.6 Å². The maximum atomic E-state index is 13.1. The molecule has 0 saturated carbocycles. The Morgan fingerprint density at radius 3 is 2.96 bits per heavy atom. The molecule has 1 fully saturated rings. The molecular formula is C18H17FN4O3S2. The van der Waals surface area contributed by atoms with E-state index >= 15 is 0 Å². The van der Waals surface area contributed by atoms with Crippen LogP contribution >= 0.6 is 23.1 Å². The van der Waals surface area contributed by atoms with Crippen molar-refractivity contribution in [2.45, 2.75) is 23.8 Å². The molecule has 0 aliphatic carbocycles. The molecule has 7 nitrogen and oxygen atoms in total. The largest absolute Gasteiger partial charge is 0.389 e. The molecule has 0 radical (unpaired) electrons. The smallest absolute Gasteiger partial charge is 0.280 e. The van der Waals surface area contributed by atoms with E-state index in [-0.39, 0.29) is 16.9 Å². The highest BCUT2D eigenvalue weighted by molar-refractivity contribution is 7.99. The molecular weight excluding hydrogens is 403 g/mol. The van der Waals surface area contributed by atoms with Crippen LogP contribution < -0.4 is 5.32 Å². The van der Waals surface area contributed by atoms with Crippen LogP contribution in [0.5, 0.6) is 0 Å². The number of carbonyl (C=O) groups excluding carboxylic acids is 1. The van der Waals surface area contributed by atoms with E-state index in [1.807, 2.05) is 12.1 Å². The number of halogens is 1. The van der Waals surface area contributed by atoms with Gasteiger partial charge >= 0.3 is 0 Å². The number of hydrogen-bond donors (Lipinski definition) is 1. The maximum Gasteiger partial charge on any atom is 0.280 e. The average Bonchev–Trinajstić information content (AvgIpc) is 3.35. The molecule has 1 aliphatic rings. The van der Waals surface area contributed by atoms with Gasteiger partial charge in [-0.25, -0.2) is 4.98 Å². The number of amides is 1. The van der Waals surface area contributed by atoms with Gasteiger partial charge < -0.3 is 9.57 Å². The van der Waals surface area contributed by atoms with Gasteiger partial charge in [-0.05, 0) is 12.1 Å². The van der Waals surface area contributed by atoms with Crippen molar-refractivity contribution < 1.29 is 18.8 Å². The number of carbonyl (C=O) groups is 1. The second-order valence-corrected chi connectivity index (χ2v) is 7.88.